The summed E-state index contributed by atoms with van der Waals surface area (Å²) in [4.78, 5) is 24.0. The van der Waals surface area contributed by atoms with Gasteiger partial charge >= 0.3 is 6.61 Å². The maximum absolute atomic E-state index is 12.4. The number of rotatable bonds is 8. The molecule has 0 spiro atoms. The quantitative estimate of drug-likeness (QED) is 0.620. The molecule has 0 unspecified atom stereocenters. The van der Waals surface area contributed by atoms with Crippen molar-refractivity contribution in [3.05, 3.63) is 64.7 Å². The van der Waals surface area contributed by atoms with E-state index in [9.17, 15) is 18.4 Å². The highest BCUT2D eigenvalue weighted by molar-refractivity contribution is 6.34. The van der Waals surface area contributed by atoms with Crippen LogP contribution in [0, 0.1) is 0 Å². The SMILES string of the molecule is CCCNC(=O)c1ccc(NC(=O)C=Cc2ccccc2OC(F)F)cc1Cl. The van der Waals surface area contributed by atoms with Gasteiger partial charge in [0.1, 0.15) is 5.75 Å². The molecule has 0 bridgehead atoms. The summed E-state index contributed by atoms with van der Waals surface area (Å²) < 4.78 is 29.2. The van der Waals surface area contributed by atoms with E-state index in [-0.39, 0.29) is 16.7 Å². The van der Waals surface area contributed by atoms with Gasteiger partial charge in [0.15, 0.2) is 0 Å². The zero-order chi connectivity index (χ0) is 20.5. The lowest BCUT2D eigenvalue weighted by Gasteiger charge is -2.09. The molecule has 2 N–H and O–H groups in total. The highest BCUT2D eigenvalue weighted by atomic mass is 35.5. The monoisotopic (exact) mass is 408 g/mol. The van der Waals surface area contributed by atoms with Gasteiger partial charge in [-0.1, -0.05) is 36.7 Å². The maximum atomic E-state index is 12.4. The van der Waals surface area contributed by atoms with Gasteiger partial charge in [-0.05, 0) is 36.8 Å². The van der Waals surface area contributed by atoms with Crippen LogP contribution < -0.4 is 15.4 Å². The number of anilines is 1. The number of halogens is 3. The van der Waals surface area contributed by atoms with Crippen LogP contribution in [0.1, 0.15) is 29.3 Å². The third-order valence-corrected chi connectivity index (χ3v) is 3.88. The number of carbonyl (C=O) groups is 2. The normalized spacial score (nSPS) is 10.9. The summed E-state index contributed by atoms with van der Waals surface area (Å²) in [6.45, 7) is -0.486. The summed E-state index contributed by atoms with van der Waals surface area (Å²) in [6, 6.07) is 10.6. The number of nitrogens with one attached hydrogen (secondary N) is 2. The van der Waals surface area contributed by atoms with Crippen LogP contribution in [-0.2, 0) is 4.79 Å². The third kappa shape index (κ3) is 6.35. The number of para-hydroxylation sites is 1. The third-order valence-electron chi connectivity index (χ3n) is 3.57. The lowest BCUT2D eigenvalue weighted by molar-refractivity contribution is -0.111. The molecule has 8 heteroatoms. The lowest BCUT2D eigenvalue weighted by Crippen LogP contribution is -2.24. The maximum Gasteiger partial charge on any atom is 0.387 e. The molecule has 28 heavy (non-hydrogen) atoms. The summed E-state index contributed by atoms with van der Waals surface area (Å²) in [5.41, 5.74) is 1.03. The van der Waals surface area contributed by atoms with Crippen molar-refractivity contribution in [1.29, 1.82) is 0 Å². The molecule has 0 radical (unpaired) electrons. The smallest absolute Gasteiger partial charge is 0.387 e. The molecule has 0 aliphatic heterocycles. The van der Waals surface area contributed by atoms with Gasteiger partial charge in [-0.25, -0.2) is 0 Å². The Labute approximate surface area is 166 Å². The fraction of sp³-hybridized carbons (Fsp3) is 0.200. The Morgan fingerprint density at radius 3 is 2.64 bits per heavy atom. The molecular weight excluding hydrogens is 390 g/mol. The highest BCUT2D eigenvalue weighted by Crippen LogP contribution is 2.23. The first-order chi connectivity index (χ1) is 13.4. The van der Waals surface area contributed by atoms with Gasteiger partial charge in [0.25, 0.3) is 5.91 Å². The number of benzene rings is 2. The van der Waals surface area contributed by atoms with Crippen LogP contribution in [0.4, 0.5) is 14.5 Å². The summed E-state index contributed by atoms with van der Waals surface area (Å²) in [5.74, 6) is -0.821. The molecule has 2 rings (SSSR count). The van der Waals surface area contributed by atoms with Crippen LogP contribution in [-0.4, -0.2) is 25.0 Å². The van der Waals surface area contributed by atoms with Crippen molar-refractivity contribution in [3.63, 3.8) is 0 Å². The van der Waals surface area contributed by atoms with Crippen LogP contribution in [0.5, 0.6) is 5.75 Å². The molecule has 2 aromatic carbocycles. The standard InChI is InChI=1S/C20H19ClF2N2O3/c1-2-11-24-19(27)15-9-8-14(12-16(15)21)25-18(26)10-7-13-5-3-4-6-17(13)28-20(22)23/h3-10,12,20H,2,11H2,1H3,(H,24,27)(H,25,26). The number of hydrogen-bond donors (Lipinski definition) is 2. The van der Waals surface area contributed by atoms with E-state index in [0.717, 1.165) is 6.42 Å². The van der Waals surface area contributed by atoms with Gasteiger partial charge in [-0.15, -0.1) is 0 Å². The van der Waals surface area contributed by atoms with Gasteiger partial charge in [-0.3, -0.25) is 9.59 Å². The molecule has 148 valence electrons. The molecule has 0 aromatic heterocycles. The van der Waals surface area contributed by atoms with E-state index < -0.39 is 12.5 Å². The van der Waals surface area contributed by atoms with Crippen molar-refractivity contribution in [2.75, 3.05) is 11.9 Å². The second kappa shape index (κ2) is 10.4. The average Bonchev–Trinajstić information content (AvgIpc) is 2.65. The summed E-state index contributed by atoms with van der Waals surface area (Å²) in [6.07, 6.45) is 3.35. The fourth-order valence-corrected chi connectivity index (χ4v) is 2.55. The van der Waals surface area contributed by atoms with Crippen molar-refractivity contribution in [3.8, 4) is 5.75 Å². The topological polar surface area (TPSA) is 67.4 Å². The molecule has 0 aliphatic carbocycles. The van der Waals surface area contributed by atoms with Gasteiger partial charge in [0.2, 0.25) is 5.91 Å². The van der Waals surface area contributed by atoms with Crippen molar-refractivity contribution < 1.29 is 23.1 Å². The predicted molar refractivity (Wildman–Crippen MR) is 105 cm³/mol. The second-order valence-electron chi connectivity index (χ2n) is 5.69. The zero-order valence-corrected chi connectivity index (χ0v) is 15.8. The Morgan fingerprint density at radius 1 is 1.21 bits per heavy atom. The van der Waals surface area contributed by atoms with Crippen molar-refractivity contribution in [2.45, 2.75) is 20.0 Å². The molecule has 0 atom stereocenters. The van der Waals surface area contributed by atoms with E-state index in [1.54, 1.807) is 24.3 Å². The number of alkyl halides is 2. The number of hydrogen-bond acceptors (Lipinski definition) is 3. The molecule has 0 aliphatic rings. The summed E-state index contributed by atoms with van der Waals surface area (Å²) >= 11 is 6.11. The van der Waals surface area contributed by atoms with E-state index in [1.165, 1.54) is 30.4 Å². The lowest BCUT2D eigenvalue weighted by atomic mass is 10.1. The van der Waals surface area contributed by atoms with Gasteiger partial charge in [-0.2, -0.15) is 8.78 Å². The van der Waals surface area contributed by atoms with Crippen LogP contribution in [0.25, 0.3) is 6.08 Å². The number of carbonyl (C=O) groups excluding carboxylic acids is 2. The minimum absolute atomic E-state index is 0.0351. The molecule has 2 aromatic rings. The second-order valence-corrected chi connectivity index (χ2v) is 6.10. The van der Waals surface area contributed by atoms with Crippen LogP contribution in [0.3, 0.4) is 0 Å². The Bertz CT molecular complexity index is 872. The van der Waals surface area contributed by atoms with E-state index in [4.69, 9.17) is 11.6 Å². The predicted octanol–water partition coefficient (Wildman–Crippen LogP) is 4.73. The van der Waals surface area contributed by atoms with Gasteiger partial charge < -0.3 is 15.4 Å². The first-order valence-corrected chi connectivity index (χ1v) is 8.89. The van der Waals surface area contributed by atoms with Crippen LogP contribution in [0.15, 0.2) is 48.5 Å². The molecule has 2 amide bonds. The average molecular weight is 409 g/mol. The molecule has 0 saturated heterocycles. The number of amides is 2. The minimum atomic E-state index is -2.96. The van der Waals surface area contributed by atoms with Crippen LogP contribution >= 0.6 is 11.6 Å². The van der Waals surface area contributed by atoms with Gasteiger partial charge in [0.05, 0.1) is 10.6 Å². The zero-order valence-electron chi connectivity index (χ0n) is 15.0. The summed E-state index contributed by atoms with van der Waals surface area (Å²) in [5, 5.41) is 5.51. The van der Waals surface area contributed by atoms with E-state index in [1.807, 2.05) is 6.92 Å². The molecule has 0 saturated carbocycles. The molecule has 0 fully saturated rings. The first kappa shape index (κ1) is 21.4. The van der Waals surface area contributed by atoms with Crippen molar-refractivity contribution >= 4 is 35.2 Å². The minimum Gasteiger partial charge on any atom is -0.434 e. The van der Waals surface area contributed by atoms with Gasteiger partial charge in [0, 0.05) is 23.9 Å². The number of ether oxygens (including phenoxy) is 1. The molecular formula is C20H19ClF2N2O3. The Balaban J connectivity index is 2.04. The van der Waals surface area contributed by atoms with Crippen molar-refractivity contribution in [1.82, 2.24) is 5.32 Å². The largest absolute Gasteiger partial charge is 0.434 e. The Kier molecular flexibility index (Phi) is 7.95. The van der Waals surface area contributed by atoms with E-state index in [0.29, 0.717) is 23.4 Å². The van der Waals surface area contributed by atoms with Crippen molar-refractivity contribution in [2.24, 2.45) is 0 Å². The summed E-state index contributed by atoms with van der Waals surface area (Å²) in [7, 11) is 0. The Morgan fingerprint density at radius 2 is 1.96 bits per heavy atom. The molecule has 5 nitrogen and oxygen atoms in total. The fourth-order valence-electron chi connectivity index (χ4n) is 2.28. The Hall–Kier alpha value is -2.93. The highest BCUT2D eigenvalue weighted by Gasteiger charge is 2.11. The molecule has 0 heterocycles. The van der Waals surface area contributed by atoms with E-state index in [2.05, 4.69) is 15.4 Å². The van der Waals surface area contributed by atoms with E-state index >= 15 is 0 Å². The van der Waals surface area contributed by atoms with Crippen LogP contribution in [0.2, 0.25) is 5.02 Å². The first-order valence-electron chi connectivity index (χ1n) is 8.51.